The topological polar surface area (TPSA) is 23.4 Å². The van der Waals surface area contributed by atoms with Gasteiger partial charge in [-0.05, 0) is 67.8 Å². The molecule has 5 heteroatoms. The fraction of sp³-hybridized carbons (Fsp3) is 0. The summed E-state index contributed by atoms with van der Waals surface area (Å²) in [6.45, 7) is -0.305. The lowest BCUT2D eigenvalue weighted by atomic mass is 9.51. The van der Waals surface area contributed by atoms with Crippen molar-refractivity contribution < 1.29 is 9.39 Å². The highest BCUT2D eigenvalue weighted by atomic mass is 28.3. The molecule has 0 unspecified atom stereocenters. The van der Waals surface area contributed by atoms with Crippen LogP contribution < -0.4 is 41.1 Å². The summed E-state index contributed by atoms with van der Waals surface area (Å²) in [6, 6.07) is 79.5. The standard InChI is InChI=1S/C54H36BNO2Si/c1-4-18-40(19-5-1)59(41-20-6-2-7-21-41,42-22-8-3-9-23-42)43-24-16-17-37(33-43)38-31-32-46-47-35-39(56-49-28-13-10-25-44(49)45-26-11-14-29-50(45)56)36-53-54(47)55(58-52(46)34-38)48-27-12-15-30-51(48)57-53/h1-36H. The number of hydrogen-bond acceptors (Lipinski definition) is 2. The molecule has 276 valence electrons. The van der Waals surface area contributed by atoms with E-state index in [1.165, 1.54) is 31.5 Å². The lowest BCUT2D eigenvalue weighted by molar-refractivity contribution is 0.479. The normalized spacial score (nSPS) is 12.6. The minimum Gasteiger partial charge on any atom is -0.551 e. The van der Waals surface area contributed by atoms with Crippen LogP contribution in [-0.2, 0) is 0 Å². The Morgan fingerprint density at radius 3 is 1.61 bits per heavy atom. The van der Waals surface area contributed by atoms with E-state index in [4.69, 9.17) is 9.39 Å². The second kappa shape index (κ2) is 13.4. The number of fused-ring (bicyclic) bond motifs is 7. The summed E-state index contributed by atoms with van der Waals surface area (Å²) in [5, 5.41) is 7.86. The molecule has 0 spiro atoms. The molecule has 10 aromatic rings. The molecule has 0 N–H and O–H groups in total. The third-order valence-corrected chi connectivity index (χ3v) is 17.2. The summed E-state index contributed by atoms with van der Waals surface area (Å²) in [5.41, 5.74) is 9.95. The number of rotatable bonds is 6. The highest BCUT2D eigenvalue weighted by molar-refractivity contribution is 7.19. The van der Waals surface area contributed by atoms with E-state index in [-0.39, 0.29) is 6.92 Å². The molecule has 9 aromatic carbocycles. The quantitative estimate of drug-likeness (QED) is 0.125. The summed E-state index contributed by atoms with van der Waals surface area (Å²) in [4.78, 5) is 0. The Hall–Kier alpha value is -7.34. The van der Waals surface area contributed by atoms with Crippen LogP contribution in [0.3, 0.4) is 0 Å². The molecule has 3 nitrogen and oxygen atoms in total. The van der Waals surface area contributed by atoms with Crippen molar-refractivity contribution in [1.82, 2.24) is 4.57 Å². The van der Waals surface area contributed by atoms with E-state index in [0.717, 1.165) is 67.1 Å². The van der Waals surface area contributed by atoms with Gasteiger partial charge in [0.2, 0.25) is 0 Å². The van der Waals surface area contributed by atoms with E-state index >= 15 is 0 Å². The van der Waals surface area contributed by atoms with Gasteiger partial charge in [0.25, 0.3) is 0 Å². The monoisotopic (exact) mass is 769 g/mol. The fourth-order valence-electron chi connectivity index (χ4n) is 9.85. The van der Waals surface area contributed by atoms with Crippen LogP contribution >= 0.6 is 0 Å². The molecule has 0 aliphatic carbocycles. The average molecular weight is 770 g/mol. The maximum Gasteiger partial charge on any atom is 0.434 e. The van der Waals surface area contributed by atoms with E-state index in [1.54, 1.807) is 0 Å². The van der Waals surface area contributed by atoms with Gasteiger partial charge in [-0.3, -0.25) is 0 Å². The van der Waals surface area contributed by atoms with Crippen LogP contribution in [0.1, 0.15) is 0 Å². The van der Waals surface area contributed by atoms with Crippen molar-refractivity contribution in [2.45, 2.75) is 0 Å². The zero-order valence-electron chi connectivity index (χ0n) is 32.1. The van der Waals surface area contributed by atoms with Gasteiger partial charge in [0, 0.05) is 33.3 Å². The summed E-state index contributed by atoms with van der Waals surface area (Å²) >= 11 is 0. The Kier molecular flexibility index (Phi) is 7.65. The van der Waals surface area contributed by atoms with E-state index in [0.29, 0.717) is 0 Å². The molecule has 12 rings (SSSR count). The molecule has 0 amide bonds. The Morgan fingerprint density at radius 2 is 0.949 bits per heavy atom. The number of hydrogen-bond donors (Lipinski definition) is 0. The maximum atomic E-state index is 7.13. The van der Waals surface area contributed by atoms with E-state index in [1.807, 2.05) is 12.1 Å². The Labute approximate surface area is 344 Å². The molecule has 0 radical (unpaired) electrons. The lowest BCUT2D eigenvalue weighted by Crippen LogP contribution is -2.74. The molecule has 1 aromatic heterocycles. The van der Waals surface area contributed by atoms with Gasteiger partial charge in [0.1, 0.15) is 17.2 Å². The first-order chi connectivity index (χ1) is 29.3. The van der Waals surface area contributed by atoms with Crippen molar-refractivity contribution >= 4 is 68.5 Å². The molecule has 0 saturated carbocycles. The highest BCUT2D eigenvalue weighted by Crippen LogP contribution is 2.43. The largest absolute Gasteiger partial charge is 0.551 e. The van der Waals surface area contributed by atoms with Crippen molar-refractivity contribution in [3.8, 4) is 45.2 Å². The van der Waals surface area contributed by atoms with Gasteiger partial charge in [0.05, 0.1) is 16.7 Å². The molecule has 0 atom stereocenters. The Morgan fingerprint density at radius 1 is 0.390 bits per heavy atom. The van der Waals surface area contributed by atoms with Gasteiger partial charge < -0.3 is 14.0 Å². The smallest absolute Gasteiger partial charge is 0.434 e. The molecule has 2 aliphatic heterocycles. The van der Waals surface area contributed by atoms with Crippen molar-refractivity contribution in [3.05, 3.63) is 218 Å². The summed E-state index contributed by atoms with van der Waals surface area (Å²) in [6.07, 6.45) is 0. The molecule has 0 saturated heterocycles. The van der Waals surface area contributed by atoms with Crippen molar-refractivity contribution in [2.75, 3.05) is 0 Å². The first-order valence-electron chi connectivity index (χ1n) is 20.3. The second-order valence-electron chi connectivity index (χ2n) is 15.6. The molecular formula is C54H36BNO2Si. The number of nitrogens with zero attached hydrogens (tertiary/aromatic N) is 1. The summed E-state index contributed by atoms with van der Waals surface area (Å²) < 4.78 is 16.3. The molecule has 0 bridgehead atoms. The van der Waals surface area contributed by atoms with Gasteiger partial charge in [0.15, 0.2) is 8.07 Å². The molecule has 0 fully saturated rings. The van der Waals surface area contributed by atoms with Gasteiger partial charge in [-0.25, -0.2) is 0 Å². The number of ether oxygens (including phenoxy) is 1. The van der Waals surface area contributed by atoms with Crippen LogP contribution in [0.4, 0.5) is 0 Å². The molecule has 2 aliphatic rings. The third kappa shape index (κ3) is 5.15. The molecule has 59 heavy (non-hydrogen) atoms. The zero-order chi connectivity index (χ0) is 38.9. The van der Waals surface area contributed by atoms with Gasteiger partial charge >= 0.3 is 6.92 Å². The number of benzene rings is 9. The second-order valence-corrected chi connectivity index (χ2v) is 19.4. The maximum absolute atomic E-state index is 7.13. The van der Waals surface area contributed by atoms with E-state index < -0.39 is 8.07 Å². The highest BCUT2D eigenvalue weighted by Gasteiger charge is 2.43. The Balaban J connectivity index is 1.05. The minimum absolute atomic E-state index is 0.305. The predicted molar refractivity (Wildman–Crippen MR) is 247 cm³/mol. The van der Waals surface area contributed by atoms with E-state index in [2.05, 4.69) is 211 Å². The van der Waals surface area contributed by atoms with Crippen LogP contribution in [0.25, 0.3) is 49.7 Å². The van der Waals surface area contributed by atoms with Crippen LogP contribution in [0.15, 0.2) is 218 Å². The third-order valence-electron chi connectivity index (χ3n) is 12.4. The van der Waals surface area contributed by atoms with Gasteiger partial charge in [-0.15, -0.1) is 0 Å². The van der Waals surface area contributed by atoms with Crippen LogP contribution in [0.2, 0.25) is 0 Å². The van der Waals surface area contributed by atoms with Crippen LogP contribution in [0.5, 0.6) is 17.2 Å². The zero-order valence-corrected chi connectivity index (χ0v) is 33.1. The lowest BCUT2D eigenvalue weighted by Gasteiger charge is -2.35. The SMILES string of the molecule is c1ccc([Si](c2ccccc2)(c2ccccc2)c2cccc(-c3ccc4c(c3)OB3c5ccccc5Oc5cc(-n6c7ccccc7c7ccccc76)cc-4c53)c2)cc1. The average Bonchev–Trinajstić information content (AvgIpc) is 3.65. The van der Waals surface area contributed by atoms with Crippen molar-refractivity contribution in [2.24, 2.45) is 0 Å². The minimum atomic E-state index is -2.71. The Bertz CT molecular complexity index is 3090. The van der Waals surface area contributed by atoms with Crippen molar-refractivity contribution in [1.29, 1.82) is 0 Å². The summed E-state index contributed by atoms with van der Waals surface area (Å²) in [7, 11) is -2.71. The molecular weight excluding hydrogens is 733 g/mol. The van der Waals surface area contributed by atoms with E-state index in [9.17, 15) is 0 Å². The van der Waals surface area contributed by atoms with Gasteiger partial charge in [-0.2, -0.15) is 0 Å². The van der Waals surface area contributed by atoms with Crippen LogP contribution in [-0.4, -0.2) is 19.6 Å². The predicted octanol–water partition coefficient (Wildman–Crippen LogP) is 9.10. The summed E-state index contributed by atoms with van der Waals surface area (Å²) in [5.74, 6) is 2.52. The van der Waals surface area contributed by atoms with Crippen LogP contribution in [0, 0.1) is 0 Å². The number of para-hydroxylation sites is 3. The van der Waals surface area contributed by atoms with Crippen molar-refractivity contribution in [3.63, 3.8) is 0 Å². The molecule has 3 heterocycles. The first kappa shape index (κ1) is 33.8. The van der Waals surface area contributed by atoms with Gasteiger partial charge in [-0.1, -0.05) is 182 Å². The first-order valence-corrected chi connectivity index (χ1v) is 22.3. The fourth-order valence-corrected chi connectivity index (χ4v) is 14.6. The number of aromatic nitrogens is 1.